The molecule has 218 valence electrons. The second-order valence-electron chi connectivity index (χ2n) is 10.2. The van der Waals surface area contributed by atoms with Gasteiger partial charge in [0.1, 0.15) is 35.9 Å². The van der Waals surface area contributed by atoms with Crippen molar-refractivity contribution in [2.24, 2.45) is 11.8 Å². The molecule has 4 rings (SSSR count). The van der Waals surface area contributed by atoms with E-state index in [0.717, 1.165) is 6.42 Å². The van der Waals surface area contributed by atoms with Crippen LogP contribution in [0.15, 0.2) is 36.5 Å². The van der Waals surface area contributed by atoms with E-state index in [4.69, 9.17) is 9.47 Å². The minimum Gasteiger partial charge on any atom is -0.497 e. The maximum absolute atomic E-state index is 13.3. The number of aliphatic hydroxyl groups is 4. The summed E-state index contributed by atoms with van der Waals surface area (Å²) in [6.07, 6.45) is 2.10. The van der Waals surface area contributed by atoms with E-state index in [1.165, 1.54) is 18.0 Å². The number of hydrogen-bond donors (Lipinski definition) is 6. The molecule has 2 aromatic rings. The van der Waals surface area contributed by atoms with Crippen LogP contribution in [-0.4, -0.2) is 87.1 Å². The second-order valence-corrected chi connectivity index (χ2v) is 10.2. The summed E-state index contributed by atoms with van der Waals surface area (Å²) >= 11 is 0. The quantitative estimate of drug-likeness (QED) is 0.227. The largest absolute Gasteiger partial charge is 0.497 e. The number of carbonyl (C=O) groups is 3. The standard InChI is InChI=1S/C28H37N3O9/c1-3-4-5-6-17-15(7-10-21(17)33)11-23(34)30-31-13-19(18-9-8-16(39-2)12-20(18)31)27(37)29-24-26(36)25(35)22(14-32)40-28(24)38/h4-5,8-9,12-13,15,17,22,24-26,28,32,35-36,38H,3,6-7,10-11,14H2,1-2H3,(H,29,37)(H,30,34)/b5-4-. The van der Waals surface area contributed by atoms with Gasteiger partial charge in [0.05, 0.1) is 24.8 Å². The highest BCUT2D eigenvalue weighted by atomic mass is 16.6. The van der Waals surface area contributed by atoms with E-state index in [1.54, 1.807) is 18.2 Å². The predicted octanol–water partition coefficient (Wildman–Crippen LogP) is 0.591. The Hall–Kier alpha value is -3.29. The molecule has 0 radical (unpaired) electrons. The van der Waals surface area contributed by atoms with Crippen molar-refractivity contribution in [3.05, 3.63) is 42.1 Å². The molecular weight excluding hydrogens is 522 g/mol. The fraction of sp³-hybridized carbons (Fsp3) is 0.536. The number of ketones is 1. The lowest BCUT2D eigenvalue weighted by Gasteiger charge is -2.40. The number of carbonyl (C=O) groups excluding carboxylic acids is 3. The van der Waals surface area contributed by atoms with Crippen LogP contribution in [0, 0.1) is 11.8 Å². The second kappa shape index (κ2) is 12.9. The lowest BCUT2D eigenvalue weighted by Crippen LogP contribution is -2.64. The van der Waals surface area contributed by atoms with E-state index < -0.39 is 43.2 Å². The molecule has 2 fully saturated rings. The normalized spacial score (nSPS) is 28.8. The number of Topliss-reactive ketones (excluding diaryl/α,β-unsaturated/α-hetero) is 1. The first-order valence-electron chi connectivity index (χ1n) is 13.5. The fourth-order valence-electron chi connectivity index (χ4n) is 5.46. The summed E-state index contributed by atoms with van der Waals surface area (Å²) in [5.74, 6) is -0.652. The third-order valence-corrected chi connectivity index (χ3v) is 7.68. The number of ether oxygens (including phenoxy) is 2. The fourth-order valence-corrected chi connectivity index (χ4v) is 5.46. The highest BCUT2D eigenvalue weighted by molar-refractivity contribution is 6.08. The number of amides is 2. The Bertz CT molecular complexity index is 1260. The molecule has 1 saturated carbocycles. The summed E-state index contributed by atoms with van der Waals surface area (Å²) in [5.41, 5.74) is 3.39. The van der Waals surface area contributed by atoms with Crippen LogP contribution in [0.25, 0.3) is 10.9 Å². The van der Waals surface area contributed by atoms with Crippen LogP contribution in [0.1, 0.15) is 49.4 Å². The van der Waals surface area contributed by atoms with E-state index in [-0.39, 0.29) is 35.5 Å². The molecule has 6 N–H and O–H groups in total. The van der Waals surface area contributed by atoms with Gasteiger partial charge < -0.3 is 35.2 Å². The maximum atomic E-state index is 13.3. The molecule has 40 heavy (non-hydrogen) atoms. The number of methoxy groups -OCH3 is 1. The first-order valence-corrected chi connectivity index (χ1v) is 13.5. The number of nitrogens with zero attached hydrogens (tertiary/aromatic N) is 1. The number of aromatic nitrogens is 1. The van der Waals surface area contributed by atoms with Gasteiger partial charge in [-0.2, -0.15) is 0 Å². The van der Waals surface area contributed by atoms with Gasteiger partial charge in [-0.25, -0.2) is 0 Å². The summed E-state index contributed by atoms with van der Waals surface area (Å²) in [4.78, 5) is 38.8. The first-order chi connectivity index (χ1) is 19.2. The Balaban J connectivity index is 1.54. The zero-order valence-electron chi connectivity index (χ0n) is 22.5. The summed E-state index contributed by atoms with van der Waals surface area (Å²) in [7, 11) is 1.49. The van der Waals surface area contributed by atoms with Crippen LogP contribution in [-0.2, 0) is 14.3 Å². The molecule has 0 spiro atoms. The molecule has 7 atom stereocenters. The minimum atomic E-state index is -1.68. The molecule has 1 saturated heterocycles. The minimum absolute atomic E-state index is 0.0865. The monoisotopic (exact) mass is 559 g/mol. The number of aliphatic hydroxyl groups excluding tert-OH is 4. The summed E-state index contributed by atoms with van der Waals surface area (Å²) in [5, 5.41) is 43.1. The number of hydrogen-bond acceptors (Lipinski definition) is 9. The topological polar surface area (TPSA) is 180 Å². The van der Waals surface area contributed by atoms with Crippen molar-refractivity contribution in [3.63, 3.8) is 0 Å². The van der Waals surface area contributed by atoms with E-state index in [1.807, 2.05) is 19.1 Å². The van der Waals surface area contributed by atoms with E-state index in [9.17, 15) is 34.8 Å². The Morgan fingerprint density at radius 3 is 2.67 bits per heavy atom. The Morgan fingerprint density at radius 2 is 1.98 bits per heavy atom. The third kappa shape index (κ3) is 6.21. The van der Waals surface area contributed by atoms with Crippen LogP contribution in [0.4, 0.5) is 0 Å². The molecule has 2 aliphatic rings. The van der Waals surface area contributed by atoms with Gasteiger partial charge in [-0.3, -0.25) is 24.5 Å². The van der Waals surface area contributed by atoms with Crippen molar-refractivity contribution in [2.75, 3.05) is 19.1 Å². The lowest BCUT2D eigenvalue weighted by atomic mass is 9.89. The van der Waals surface area contributed by atoms with Crippen LogP contribution in [0.2, 0.25) is 0 Å². The first kappa shape index (κ1) is 29.7. The van der Waals surface area contributed by atoms with Crippen molar-refractivity contribution >= 4 is 28.5 Å². The van der Waals surface area contributed by atoms with E-state index in [2.05, 4.69) is 10.7 Å². The molecule has 1 aliphatic heterocycles. The molecule has 0 bridgehead atoms. The highest BCUT2D eigenvalue weighted by Gasteiger charge is 2.44. The zero-order valence-corrected chi connectivity index (χ0v) is 22.5. The third-order valence-electron chi connectivity index (χ3n) is 7.68. The summed E-state index contributed by atoms with van der Waals surface area (Å²) in [6.45, 7) is 1.39. The van der Waals surface area contributed by atoms with Crippen molar-refractivity contribution in [2.45, 2.75) is 69.7 Å². The van der Waals surface area contributed by atoms with E-state index in [0.29, 0.717) is 35.9 Å². The number of fused-ring (bicyclic) bond motifs is 1. The predicted molar refractivity (Wildman–Crippen MR) is 144 cm³/mol. The molecular formula is C28H37N3O9. The van der Waals surface area contributed by atoms with Crippen LogP contribution in [0.5, 0.6) is 5.75 Å². The lowest BCUT2D eigenvalue weighted by molar-refractivity contribution is -0.252. The van der Waals surface area contributed by atoms with Gasteiger partial charge in [0.2, 0.25) is 5.91 Å². The molecule has 7 unspecified atom stereocenters. The van der Waals surface area contributed by atoms with Crippen LogP contribution < -0.4 is 15.5 Å². The van der Waals surface area contributed by atoms with Gasteiger partial charge in [0, 0.05) is 36.4 Å². The number of allylic oxidation sites excluding steroid dienone is 2. The van der Waals surface area contributed by atoms with Gasteiger partial charge in [-0.15, -0.1) is 0 Å². The molecule has 1 aliphatic carbocycles. The van der Waals surface area contributed by atoms with Gasteiger partial charge in [0.25, 0.3) is 5.91 Å². The number of nitrogens with one attached hydrogen (secondary N) is 2. The van der Waals surface area contributed by atoms with Crippen molar-refractivity contribution in [1.29, 1.82) is 0 Å². The Labute approximate surface area is 231 Å². The Morgan fingerprint density at radius 1 is 1.20 bits per heavy atom. The maximum Gasteiger partial charge on any atom is 0.254 e. The highest BCUT2D eigenvalue weighted by Crippen LogP contribution is 2.34. The van der Waals surface area contributed by atoms with Gasteiger partial charge in [-0.05, 0) is 37.3 Å². The number of benzene rings is 1. The van der Waals surface area contributed by atoms with Gasteiger partial charge in [-0.1, -0.05) is 19.1 Å². The molecule has 1 aromatic carbocycles. The molecule has 2 heterocycles. The Kier molecular flexibility index (Phi) is 9.59. The molecule has 12 heteroatoms. The van der Waals surface area contributed by atoms with E-state index >= 15 is 0 Å². The van der Waals surface area contributed by atoms with Gasteiger partial charge >= 0.3 is 0 Å². The SMILES string of the molecule is CC/C=C\CC1C(=O)CCC1CC(=O)Nn1cc(C(=O)NC2C(O)OC(CO)C(O)C2O)c2ccc(OC)cc21. The zero-order chi connectivity index (χ0) is 29.0. The molecule has 1 aromatic heterocycles. The van der Waals surface area contributed by atoms with Crippen LogP contribution in [0.3, 0.4) is 0 Å². The van der Waals surface area contributed by atoms with Crippen LogP contribution >= 0.6 is 0 Å². The average Bonchev–Trinajstić information content (AvgIpc) is 3.47. The van der Waals surface area contributed by atoms with Crippen molar-refractivity contribution in [3.8, 4) is 5.75 Å². The average molecular weight is 560 g/mol. The van der Waals surface area contributed by atoms with Crippen molar-refractivity contribution < 1.29 is 44.3 Å². The molecule has 12 nitrogen and oxygen atoms in total. The summed E-state index contributed by atoms with van der Waals surface area (Å²) < 4.78 is 11.8. The smallest absolute Gasteiger partial charge is 0.254 e. The molecule has 2 amide bonds. The van der Waals surface area contributed by atoms with Crippen molar-refractivity contribution in [1.82, 2.24) is 9.99 Å². The van der Waals surface area contributed by atoms with Gasteiger partial charge in [0.15, 0.2) is 6.29 Å². The number of rotatable bonds is 10. The summed E-state index contributed by atoms with van der Waals surface area (Å²) in [6, 6.07) is 3.55.